The van der Waals surface area contributed by atoms with E-state index >= 15 is 0 Å². The Hall–Kier alpha value is -2.70. The Kier molecular flexibility index (Phi) is 5.88. The minimum Gasteiger partial charge on any atom is -0.497 e. The van der Waals surface area contributed by atoms with Gasteiger partial charge in [0.15, 0.2) is 6.10 Å². The summed E-state index contributed by atoms with van der Waals surface area (Å²) >= 11 is 1.33. The number of esters is 1. The normalized spacial score (nSPS) is 13.1. The maximum absolute atomic E-state index is 12.0. The Labute approximate surface area is 162 Å². The highest BCUT2D eigenvalue weighted by atomic mass is 32.2. The molecule has 0 aromatic heterocycles. The lowest BCUT2D eigenvalue weighted by Gasteiger charge is -2.22. The zero-order valence-corrected chi connectivity index (χ0v) is 15.9. The van der Waals surface area contributed by atoms with Gasteiger partial charge in [0.1, 0.15) is 5.75 Å². The molecule has 0 heterocycles. The van der Waals surface area contributed by atoms with Gasteiger partial charge in [0.05, 0.1) is 25.2 Å². The second kappa shape index (κ2) is 8.33. The van der Waals surface area contributed by atoms with Crippen LogP contribution in [0.2, 0.25) is 0 Å². The van der Waals surface area contributed by atoms with Gasteiger partial charge in [-0.15, -0.1) is 11.8 Å². The number of benzene rings is 3. The van der Waals surface area contributed by atoms with Crippen LogP contribution < -0.4 is 10.5 Å². The number of nitrogens with two attached hydrogens (primary N) is 1. The van der Waals surface area contributed by atoms with Crippen molar-refractivity contribution >= 4 is 34.2 Å². The molecule has 0 aliphatic heterocycles. The number of rotatable bonds is 6. The predicted octanol–water partition coefficient (Wildman–Crippen LogP) is 3.80. The Morgan fingerprint density at radius 3 is 2.41 bits per heavy atom. The van der Waals surface area contributed by atoms with E-state index in [1.165, 1.54) is 18.9 Å². The van der Waals surface area contributed by atoms with Crippen LogP contribution in [0.15, 0.2) is 65.6 Å². The molecule has 0 aliphatic rings. The van der Waals surface area contributed by atoms with E-state index in [4.69, 9.17) is 15.2 Å². The quantitative estimate of drug-likeness (QED) is 0.383. The third-order valence-electron chi connectivity index (χ3n) is 4.36. The molecule has 0 fully saturated rings. The number of nitrogen functional groups attached to an aromatic ring is 1. The molecule has 2 atom stereocenters. The smallest absolute Gasteiger partial charge is 0.336 e. The molecule has 3 aromatic carbocycles. The Morgan fingerprint density at radius 2 is 1.74 bits per heavy atom. The number of thioether (sulfide) groups is 1. The lowest BCUT2D eigenvalue weighted by atomic mass is 10.1. The van der Waals surface area contributed by atoms with E-state index in [2.05, 4.69) is 0 Å². The van der Waals surface area contributed by atoms with Crippen molar-refractivity contribution in [3.05, 3.63) is 66.2 Å². The summed E-state index contributed by atoms with van der Waals surface area (Å²) in [6.07, 6.45) is -1.33. The molecule has 0 bridgehead atoms. The predicted molar refractivity (Wildman–Crippen MR) is 108 cm³/mol. The van der Waals surface area contributed by atoms with Crippen LogP contribution in [-0.4, -0.2) is 31.4 Å². The zero-order chi connectivity index (χ0) is 19.4. The fourth-order valence-electron chi connectivity index (χ4n) is 2.87. The van der Waals surface area contributed by atoms with Gasteiger partial charge in [-0.2, -0.15) is 0 Å². The fourth-order valence-corrected chi connectivity index (χ4v) is 4.06. The number of methoxy groups -OCH3 is 2. The van der Waals surface area contributed by atoms with Crippen molar-refractivity contribution in [3.63, 3.8) is 0 Å². The number of anilines is 1. The minimum absolute atomic E-state index is 0.577. The highest BCUT2D eigenvalue weighted by Crippen LogP contribution is 2.43. The molecule has 0 amide bonds. The number of ether oxygens (including phenoxy) is 2. The van der Waals surface area contributed by atoms with Crippen molar-refractivity contribution in [1.29, 1.82) is 0 Å². The van der Waals surface area contributed by atoms with E-state index in [1.807, 2.05) is 48.5 Å². The molecule has 0 aliphatic carbocycles. The lowest BCUT2D eigenvalue weighted by molar-refractivity contribution is -0.150. The van der Waals surface area contributed by atoms with Gasteiger partial charge in [-0.3, -0.25) is 0 Å². The summed E-state index contributed by atoms with van der Waals surface area (Å²) in [6, 6.07) is 18.9. The van der Waals surface area contributed by atoms with Crippen molar-refractivity contribution < 1.29 is 19.4 Å². The molecule has 1 unspecified atom stereocenters. The van der Waals surface area contributed by atoms with Gasteiger partial charge in [0.2, 0.25) is 0 Å². The molecule has 3 rings (SSSR count). The molecule has 6 heteroatoms. The van der Waals surface area contributed by atoms with Crippen molar-refractivity contribution in [3.8, 4) is 5.75 Å². The van der Waals surface area contributed by atoms with E-state index in [0.29, 0.717) is 11.4 Å². The number of hydrogen-bond acceptors (Lipinski definition) is 6. The summed E-state index contributed by atoms with van der Waals surface area (Å²) in [4.78, 5) is 12.8. The Morgan fingerprint density at radius 1 is 1.04 bits per heavy atom. The summed E-state index contributed by atoms with van der Waals surface area (Å²) in [7, 11) is 2.84. The number of hydrogen-bond donors (Lipinski definition) is 2. The van der Waals surface area contributed by atoms with E-state index in [-0.39, 0.29) is 0 Å². The Bertz CT molecular complexity index is 943. The highest BCUT2D eigenvalue weighted by molar-refractivity contribution is 7.99. The number of aliphatic hydroxyl groups excluding tert-OH is 1. The maximum atomic E-state index is 12.0. The van der Waals surface area contributed by atoms with Crippen molar-refractivity contribution in [2.45, 2.75) is 16.2 Å². The van der Waals surface area contributed by atoms with Gasteiger partial charge in [-0.1, -0.05) is 42.5 Å². The van der Waals surface area contributed by atoms with Crippen LogP contribution in [0.4, 0.5) is 5.69 Å². The summed E-state index contributed by atoms with van der Waals surface area (Å²) < 4.78 is 9.92. The first-order chi connectivity index (χ1) is 13.0. The SMILES string of the molecule is COC(=O)C(O)[C@H](Sc1ccc2ccccc2c1N)c1ccc(OC)cc1. The molecular weight excluding hydrogens is 362 g/mol. The second-order valence-electron chi connectivity index (χ2n) is 5.98. The third-order valence-corrected chi connectivity index (χ3v) is 5.75. The average Bonchev–Trinajstić information content (AvgIpc) is 2.72. The van der Waals surface area contributed by atoms with Gasteiger partial charge in [-0.25, -0.2) is 4.79 Å². The summed E-state index contributed by atoms with van der Waals surface area (Å²) in [5.74, 6) is 0.00274. The number of carbonyl (C=O) groups excluding carboxylic acids is 1. The first kappa shape index (κ1) is 19.1. The van der Waals surface area contributed by atoms with Gasteiger partial charge in [0.25, 0.3) is 0 Å². The molecule has 0 saturated carbocycles. The first-order valence-electron chi connectivity index (χ1n) is 8.39. The molecule has 27 heavy (non-hydrogen) atoms. The monoisotopic (exact) mass is 383 g/mol. The van der Waals surface area contributed by atoms with Crippen LogP contribution in [0, 0.1) is 0 Å². The van der Waals surface area contributed by atoms with Gasteiger partial charge in [-0.05, 0) is 29.1 Å². The minimum atomic E-state index is -1.33. The first-order valence-corrected chi connectivity index (χ1v) is 9.27. The number of carbonyl (C=O) groups is 1. The van der Waals surface area contributed by atoms with Crippen molar-refractivity contribution in [2.75, 3.05) is 20.0 Å². The lowest BCUT2D eigenvalue weighted by Crippen LogP contribution is -2.27. The summed E-state index contributed by atoms with van der Waals surface area (Å²) in [5.41, 5.74) is 7.75. The van der Waals surface area contributed by atoms with E-state index < -0.39 is 17.3 Å². The average molecular weight is 383 g/mol. The van der Waals surface area contributed by atoms with Gasteiger partial charge >= 0.3 is 5.97 Å². The van der Waals surface area contributed by atoms with E-state index in [1.54, 1.807) is 19.2 Å². The van der Waals surface area contributed by atoms with Crippen LogP contribution in [0.25, 0.3) is 10.8 Å². The van der Waals surface area contributed by atoms with Gasteiger partial charge in [0, 0.05) is 10.3 Å². The molecule has 5 nitrogen and oxygen atoms in total. The van der Waals surface area contributed by atoms with Crippen molar-refractivity contribution in [1.82, 2.24) is 0 Å². The van der Waals surface area contributed by atoms with Crippen LogP contribution in [-0.2, 0) is 9.53 Å². The second-order valence-corrected chi connectivity index (χ2v) is 7.16. The molecule has 0 saturated heterocycles. The number of aliphatic hydroxyl groups is 1. The maximum Gasteiger partial charge on any atom is 0.336 e. The van der Waals surface area contributed by atoms with Crippen LogP contribution in [0.5, 0.6) is 5.75 Å². The van der Waals surface area contributed by atoms with Gasteiger partial charge < -0.3 is 20.3 Å². The largest absolute Gasteiger partial charge is 0.497 e. The van der Waals surface area contributed by atoms with Crippen molar-refractivity contribution in [2.24, 2.45) is 0 Å². The summed E-state index contributed by atoms with van der Waals surface area (Å²) in [5, 5.41) is 11.9. The third kappa shape index (κ3) is 4.02. The number of fused-ring (bicyclic) bond motifs is 1. The van der Waals surface area contributed by atoms with Crippen LogP contribution in [0.1, 0.15) is 10.8 Å². The fraction of sp³-hybridized carbons (Fsp3) is 0.190. The molecule has 0 radical (unpaired) electrons. The molecule has 140 valence electrons. The zero-order valence-electron chi connectivity index (χ0n) is 15.1. The molecule has 3 N–H and O–H groups in total. The summed E-state index contributed by atoms with van der Waals surface area (Å²) in [6.45, 7) is 0. The van der Waals surface area contributed by atoms with E-state index in [9.17, 15) is 9.90 Å². The molecular formula is C21H21NO4S. The highest BCUT2D eigenvalue weighted by Gasteiger charge is 2.30. The molecule has 3 aromatic rings. The Balaban J connectivity index is 2.00. The topological polar surface area (TPSA) is 81.8 Å². The van der Waals surface area contributed by atoms with Crippen LogP contribution in [0.3, 0.4) is 0 Å². The van der Waals surface area contributed by atoms with E-state index in [0.717, 1.165) is 21.2 Å². The van der Waals surface area contributed by atoms with Crippen LogP contribution >= 0.6 is 11.8 Å². The molecule has 0 spiro atoms. The standard InChI is InChI=1S/C21H21NO4S/c1-25-15-10-7-14(8-11-15)20(19(23)21(24)26-2)27-17-12-9-13-5-3-4-6-16(13)18(17)22/h3-12,19-20,23H,22H2,1-2H3/t19?,20-/m1/s1.